The highest BCUT2D eigenvalue weighted by Gasteiger charge is 2.31. The lowest BCUT2D eigenvalue weighted by molar-refractivity contribution is 0.176. The molecule has 1 aromatic rings. The number of hydrogen-bond acceptors (Lipinski definition) is 5. The van der Waals surface area contributed by atoms with Gasteiger partial charge in [0, 0.05) is 18.0 Å². The summed E-state index contributed by atoms with van der Waals surface area (Å²) in [4.78, 5) is 3.07. The Kier molecular flexibility index (Phi) is 5.43. The molecule has 1 N–H and O–H groups in total. The lowest BCUT2D eigenvalue weighted by Crippen LogP contribution is -2.45. The normalized spacial score (nSPS) is 18.5. The molecule has 0 unspecified atom stereocenters. The van der Waals surface area contributed by atoms with E-state index in [9.17, 15) is 13.5 Å². The van der Waals surface area contributed by atoms with E-state index >= 15 is 0 Å². The van der Waals surface area contributed by atoms with Crippen LogP contribution >= 0.6 is 11.3 Å². The maximum absolute atomic E-state index is 12.7. The number of nitrogens with zero attached hydrogens (tertiary/aromatic N) is 2. The quantitative estimate of drug-likeness (QED) is 0.891. The number of likely N-dealkylation sites (tertiary alicyclic amines) is 1. The molecule has 5 nitrogen and oxygen atoms in total. The zero-order valence-electron chi connectivity index (χ0n) is 12.9. The van der Waals surface area contributed by atoms with Crippen LogP contribution in [-0.4, -0.2) is 55.5 Å². The van der Waals surface area contributed by atoms with Gasteiger partial charge in [-0.2, -0.15) is 4.31 Å². The molecule has 1 aromatic heterocycles. The van der Waals surface area contributed by atoms with Crippen LogP contribution in [0.3, 0.4) is 0 Å². The second-order valence-corrected chi connectivity index (χ2v) is 8.88. The largest absolute Gasteiger partial charge is 0.391 e. The standard InChI is InChI=1S/C14H24N2O3S2/c1-4-16-7-5-12(6-8-16)15(3)21(18,19)14-9-11(2)13(10-17)20-14/h9,12,17H,4-8,10H2,1-3H3. The van der Waals surface area contributed by atoms with Crippen molar-refractivity contribution >= 4 is 21.4 Å². The first kappa shape index (κ1) is 16.9. The highest BCUT2D eigenvalue weighted by atomic mass is 32.2. The molecule has 2 heterocycles. The minimum absolute atomic E-state index is 0.0674. The third-order valence-electron chi connectivity index (χ3n) is 4.29. The van der Waals surface area contributed by atoms with Crippen molar-refractivity contribution in [3.8, 4) is 0 Å². The lowest BCUT2D eigenvalue weighted by Gasteiger charge is -2.35. The summed E-state index contributed by atoms with van der Waals surface area (Å²) in [6.07, 6.45) is 1.75. The molecule has 0 spiro atoms. The zero-order valence-corrected chi connectivity index (χ0v) is 14.5. The molecule has 1 fully saturated rings. The van der Waals surface area contributed by atoms with Crippen LogP contribution in [0.4, 0.5) is 0 Å². The average Bonchev–Trinajstić information content (AvgIpc) is 2.88. The van der Waals surface area contributed by atoms with Crippen LogP contribution in [0.2, 0.25) is 0 Å². The van der Waals surface area contributed by atoms with E-state index in [2.05, 4.69) is 11.8 Å². The number of aliphatic hydroxyl groups is 1. The second kappa shape index (κ2) is 6.75. The van der Waals surface area contributed by atoms with Crippen LogP contribution in [0.1, 0.15) is 30.2 Å². The molecular weight excluding hydrogens is 308 g/mol. The van der Waals surface area contributed by atoms with E-state index in [0.29, 0.717) is 4.21 Å². The van der Waals surface area contributed by atoms with E-state index in [4.69, 9.17) is 0 Å². The Balaban J connectivity index is 2.15. The molecule has 1 aliphatic heterocycles. The molecule has 0 atom stereocenters. The number of rotatable bonds is 5. The fourth-order valence-electron chi connectivity index (χ4n) is 2.71. The number of aryl methyl sites for hydroxylation is 1. The van der Waals surface area contributed by atoms with Crippen LogP contribution in [0.5, 0.6) is 0 Å². The Bertz CT molecular complexity index is 575. The van der Waals surface area contributed by atoms with Gasteiger partial charge in [0.25, 0.3) is 10.0 Å². The van der Waals surface area contributed by atoms with Gasteiger partial charge < -0.3 is 10.0 Å². The molecule has 120 valence electrons. The van der Waals surface area contributed by atoms with Crippen molar-refractivity contribution in [1.29, 1.82) is 0 Å². The molecular formula is C14H24N2O3S2. The van der Waals surface area contributed by atoms with Crippen molar-refractivity contribution in [3.63, 3.8) is 0 Å². The Hall–Kier alpha value is -0.470. The fraction of sp³-hybridized carbons (Fsp3) is 0.714. The number of aliphatic hydroxyl groups excluding tert-OH is 1. The van der Waals surface area contributed by atoms with Gasteiger partial charge in [-0.25, -0.2) is 8.42 Å². The first-order chi connectivity index (χ1) is 9.90. The van der Waals surface area contributed by atoms with E-state index in [-0.39, 0.29) is 12.6 Å². The van der Waals surface area contributed by atoms with Crippen molar-refractivity contribution in [3.05, 3.63) is 16.5 Å². The van der Waals surface area contributed by atoms with E-state index < -0.39 is 10.0 Å². The molecule has 7 heteroatoms. The third kappa shape index (κ3) is 3.48. The minimum Gasteiger partial charge on any atom is -0.391 e. The predicted octanol–water partition coefficient (Wildman–Crippen LogP) is 1.65. The summed E-state index contributed by atoms with van der Waals surface area (Å²) in [6.45, 7) is 6.78. The van der Waals surface area contributed by atoms with Gasteiger partial charge in [0.1, 0.15) is 4.21 Å². The Morgan fingerprint density at radius 1 is 1.43 bits per heavy atom. The zero-order chi connectivity index (χ0) is 15.6. The van der Waals surface area contributed by atoms with Crippen molar-refractivity contribution in [2.24, 2.45) is 0 Å². The lowest BCUT2D eigenvalue weighted by atomic mass is 10.1. The maximum atomic E-state index is 12.7. The minimum atomic E-state index is -3.45. The Labute approximate surface area is 131 Å². The summed E-state index contributed by atoms with van der Waals surface area (Å²) in [5.41, 5.74) is 0.843. The first-order valence-corrected chi connectivity index (χ1v) is 9.56. The van der Waals surface area contributed by atoms with E-state index in [1.807, 2.05) is 6.92 Å². The van der Waals surface area contributed by atoms with Gasteiger partial charge in [-0.1, -0.05) is 6.92 Å². The SMILES string of the molecule is CCN1CCC(N(C)S(=O)(=O)c2cc(C)c(CO)s2)CC1. The van der Waals surface area contributed by atoms with Crippen molar-refractivity contribution in [2.45, 2.75) is 43.5 Å². The first-order valence-electron chi connectivity index (χ1n) is 7.30. The predicted molar refractivity (Wildman–Crippen MR) is 85.1 cm³/mol. The Morgan fingerprint density at radius 2 is 2.05 bits per heavy atom. The van der Waals surface area contributed by atoms with Crippen LogP contribution in [0, 0.1) is 6.92 Å². The average molecular weight is 332 g/mol. The van der Waals surface area contributed by atoms with Crippen LogP contribution < -0.4 is 0 Å². The molecule has 2 rings (SSSR count). The molecule has 0 aliphatic carbocycles. The summed E-state index contributed by atoms with van der Waals surface area (Å²) in [7, 11) is -1.78. The van der Waals surface area contributed by atoms with Crippen molar-refractivity contribution in [2.75, 3.05) is 26.7 Å². The van der Waals surface area contributed by atoms with E-state index in [0.717, 1.165) is 42.9 Å². The van der Waals surface area contributed by atoms with Gasteiger partial charge in [0.2, 0.25) is 0 Å². The number of piperidine rings is 1. The highest BCUT2D eigenvalue weighted by Crippen LogP contribution is 2.30. The summed E-state index contributed by atoms with van der Waals surface area (Å²) in [5.74, 6) is 0. The van der Waals surface area contributed by atoms with Crippen LogP contribution in [0.15, 0.2) is 10.3 Å². The summed E-state index contributed by atoms with van der Waals surface area (Å²) < 4.78 is 27.3. The third-order valence-corrected chi connectivity index (χ3v) is 7.87. The number of thiophene rings is 1. The van der Waals surface area contributed by atoms with Gasteiger partial charge in [0.15, 0.2) is 0 Å². The van der Waals surface area contributed by atoms with Gasteiger partial charge in [-0.05, 0) is 51.0 Å². The van der Waals surface area contributed by atoms with E-state index in [1.54, 1.807) is 13.1 Å². The Morgan fingerprint density at radius 3 is 2.52 bits per heavy atom. The van der Waals surface area contributed by atoms with E-state index in [1.165, 1.54) is 15.6 Å². The van der Waals surface area contributed by atoms with Crippen LogP contribution in [0.25, 0.3) is 0 Å². The van der Waals surface area contributed by atoms with Crippen LogP contribution in [-0.2, 0) is 16.6 Å². The monoisotopic (exact) mass is 332 g/mol. The van der Waals surface area contributed by atoms with Crippen molar-refractivity contribution in [1.82, 2.24) is 9.21 Å². The molecule has 0 bridgehead atoms. The summed E-state index contributed by atoms with van der Waals surface area (Å²) in [5, 5.41) is 9.24. The topological polar surface area (TPSA) is 60.9 Å². The fourth-order valence-corrected chi connectivity index (χ4v) is 5.76. The van der Waals surface area contributed by atoms with Gasteiger partial charge in [-0.15, -0.1) is 11.3 Å². The summed E-state index contributed by atoms with van der Waals surface area (Å²) in [6, 6.07) is 1.74. The number of sulfonamides is 1. The highest BCUT2D eigenvalue weighted by molar-refractivity contribution is 7.91. The molecule has 0 radical (unpaired) electrons. The molecule has 0 amide bonds. The second-order valence-electron chi connectivity index (χ2n) is 5.52. The summed E-state index contributed by atoms with van der Waals surface area (Å²) >= 11 is 1.17. The maximum Gasteiger partial charge on any atom is 0.252 e. The molecule has 21 heavy (non-hydrogen) atoms. The number of hydrogen-bond donors (Lipinski definition) is 1. The van der Waals surface area contributed by atoms with Gasteiger partial charge in [0.05, 0.1) is 6.61 Å². The van der Waals surface area contributed by atoms with Gasteiger partial charge >= 0.3 is 0 Å². The van der Waals surface area contributed by atoms with Gasteiger partial charge in [-0.3, -0.25) is 0 Å². The smallest absolute Gasteiger partial charge is 0.252 e. The molecule has 1 saturated heterocycles. The van der Waals surface area contributed by atoms with Crippen molar-refractivity contribution < 1.29 is 13.5 Å². The molecule has 0 saturated carbocycles. The molecule has 0 aromatic carbocycles. The molecule has 1 aliphatic rings.